The average molecular weight is 426 g/mol. The molecule has 0 bridgehead atoms. The fraction of sp³-hybridized carbons (Fsp3) is 0.259. The first kappa shape index (κ1) is 20.5. The lowest BCUT2D eigenvalue weighted by Crippen LogP contribution is -2.62. The summed E-state index contributed by atoms with van der Waals surface area (Å²) in [6.07, 6.45) is 3.28. The summed E-state index contributed by atoms with van der Waals surface area (Å²) in [6.45, 7) is 0.137. The Hall–Kier alpha value is -3.44. The van der Waals surface area contributed by atoms with Crippen LogP contribution in [0.4, 0.5) is 11.4 Å². The summed E-state index contributed by atoms with van der Waals surface area (Å²) < 4.78 is 0. The highest BCUT2D eigenvalue weighted by Gasteiger charge is 2.52. The normalized spacial score (nSPS) is 16.8. The molecule has 1 spiro atoms. The number of benzene rings is 3. The summed E-state index contributed by atoms with van der Waals surface area (Å²) in [7, 11) is 0. The first-order chi connectivity index (χ1) is 15.7. The minimum absolute atomic E-state index is 0.0651. The summed E-state index contributed by atoms with van der Waals surface area (Å²) in [5.74, 6) is -0.143. The average Bonchev–Trinajstić information content (AvgIpc) is 3.32. The molecule has 3 aromatic carbocycles. The SMILES string of the molecule is O=C(CNC(c1ccccc1)c1ccccc1)N1c2ccccc2NC(=O)C12CCCC2. The van der Waals surface area contributed by atoms with Crippen LogP contribution in [0.15, 0.2) is 84.9 Å². The molecule has 32 heavy (non-hydrogen) atoms. The van der Waals surface area contributed by atoms with Gasteiger partial charge in [0.25, 0.3) is 5.91 Å². The molecule has 0 aromatic heterocycles. The van der Waals surface area contributed by atoms with E-state index in [1.54, 1.807) is 4.90 Å². The maximum absolute atomic E-state index is 13.7. The van der Waals surface area contributed by atoms with Crippen LogP contribution in [-0.4, -0.2) is 23.9 Å². The molecule has 5 heteroatoms. The van der Waals surface area contributed by atoms with Gasteiger partial charge in [0.1, 0.15) is 5.54 Å². The van der Waals surface area contributed by atoms with Gasteiger partial charge in [0.2, 0.25) is 5.91 Å². The summed E-state index contributed by atoms with van der Waals surface area (Å²) in [5, 5.41) is 6.52. The number of anilines is 2. The number of rotatable bonds is 5. The van der Waals surface area contributed by atoms with E-state index < -0.39 is 5.54 Å². The Morgan fingerprint density at radius 1 is 0.875 bits per heavy atom. The fourth-order valence-electron chi connectivity index (χ4n) is 5.12. The standard InChI is InChI=1S/C27H27N3O2/c31-24(19-28-25(20-11-3-1-4-12-20)21-13-5-2-6-14-21)30-23-16-8-7-15-22(23)29-26(32)27(30)17-9-10-18-27/h1-8,11-16,25,28H,9-10,17-19H2,(H,29,32). The van der Waals surface area contributed by atoms with Gasteiger partial charge in [0.15, 0.2) is 0 Å². The molecular weight excluding hydrogens is 398 g/mol. The molecule has 5 rings (SSSR count). The van der Waals surface area contributed by atoms with Gasteiger partial charge in [-0.05, 0) is 36.1 Å². The first-order valence-electron chi connectivity index (χ1n) is 11.3. The number of para-hydroxylation sites is 2. The van der Waals surface area contributed by atoms with Crippen molar-refractivity contribution in [2.75, 3.05) is 16.8 Å². The Bertz CT molecular complexity index is 1070. The third-order valence-corrected chi connectivity index (χ3v) is 6.65. The lowest BCUT2D eigenvalue weighted by atomic mass is 9.89. The molecule has 1 saturated carbocycles. The van der Waals surface area contributed by atoms with E-state index in [9.17, 15) is 9.59 Å². The van der Waals surface area contributed by atoms with Crippen molar-refractivity contribution in [2.24, 2.45) is 0 Å². The van der Waals surface area contributed by atoms with E-state index in [-0.39, 0.29) is 24.4 Å². The molecule has 3 aromatic rings. The van der Waals surface area contributed by atoms with Crippen molar-refractivity contribution in [3.63, 3.8) is 0 Å². The molecule has 0 radical (unpaired) electrons. The van der Waals surface area contributed by atoms with Crippen molar-refractivity contribution in [3.05, 3.63) is 96.1 Å². The van der Waals surface area contributed by atoms with E-state index in [0.29, 0.717) is 18.5 Å². The Balaban J connectivity index is 1.46. The molecule has 2 amide bonds. The van der Waals surface area contributed by atoms with Gasteiger partial charge < -0.3 is 5.32 Å². The van der Waals surface area contributed by atoms with Crippen molar-refractivity contribution < 1.29 is 9.59 Å². The molecule has 1 heterocycles. The zero-order chi connectivity index (χ0) is 22.0. The van der Waals surface area contributed by atoms with Gasteiger partial charge in [-0.1, -0.05) is 85.6 Å². The van der Waals surface area contributed by atoms with Crippen molar-refractivity contribution >= 4 is 23.2 Å². The van der Waals surface area contributed by atoms with Crippen LogP contribution in [-0.2, 0) is 9.59 Å². The highest BCUT2D eigenvalue weighted by atomic mass is 16.2. The number of hydrogen-bond acceptors (Lipinski definition) is 3. The number of carbonyl (C=O) groups is 2. The lowest BCUT2D eigenvalue weighted by molar-refractivity contribution is -0.127. The molecule has 1 aliphatic heterocycles. The second-order valence-corrected chi connectivity index (χ2v) is 8.57. The fourth-order valence-corrected chi connectivity index (χ4v) is 5.12. The quantitative estimate of drug-likeness (QED) is 0.625. The van der Waals surface area contributed by atoms with Gasteiger partial charge in [-0.15, -0.1) is 0 Å². The number of nitrogens with zero attached hydrogens (tertiary/aromatic N) is 1. The van der Waals surface area contributed by atoms with E-state index in [0.717, 1.165) is 29.7 Å². The number of nitrogens with one attached hydrogen (secondary N) is 2. The van der Waals surface area contributed by atoms with Gasteiger partial charge in [0.05, 0.1) is 24.0 Å². The molecule has 1 aliphatic carbocycles. The Morgan fingerprint density at radius 2 is 1.44 bits per heavy atom. The van der Waals surface area contributed by atoms with Crippen LogP contribution in [0.3, 0.4) is 0 Å². The van der Waals surface area contributed by atoms with E-state index in [1.807, 2.05) is 60.7 Å². The van der Waals surface area contributed by atoms with Crippen molar-refractivity contribution in [1.29, 1.82) is 0 Å². The van der Waals surface area contributed by atoms with Crippen LogP contribution in [0, 0.1) is 0 Å². The van der Waals surface area contributed by atoms with Gasteiger partial charge in [-0.25, -0.2) is 0 Å². The van der Waals surface area contributed by atoms with Crippen LogP contribution in [0.2, 0.25) is 0 Å². The number of amides is 2. The van der Waals surface area contributed by atoms with Gasteiger partial charge in [0, 0.05) is 0 Å². The first-order valence-corrected chi connectivity index (χ1v) is 11.3. The zero-order valence-corrected chi connectivity index (χ0v) is 18.0. The van der Waals surface area contributed by atoms with E-state index in [4.69, 9.17) is 0 Å². The highest BCUT2D eigenvalue weighted by molar-refractivity contribution is 6.15. The van der Waals surface area contributed by atoms with Crippen LogP contribution in [0.5, 0.6) is 0 Å². The smallest absolute Gasteiger partial charge is 0.250 e. The van der Waals surface area contributed by atoms with Crippen LogP contribution in [0.25, 0.3) is 0 Å². The predicted octanol–water partition coefficient (Wildman–Crippen LogP) is 4.66. The minimum Gasteiger partial charge on any atom is -0.322 e. The Labute approximate surface area is 188 Å². The zero-order valence-electron chi connectivity index (χ0n) is 18.0. The molecule has 5 nitrogen and oxygen atoms in total. The van der Waals surface area contributed by atoms with Crippen molar-refractivity contribution in [2.45, 2.75) is 37.3 Å². The van der Waals surface area contributed by atoms with Crippen molar-refractivity contribution in [3.8, 4) is 0 Å². The Kier molecular flexibility index (Phi) is 5.50. The predicted molar refractivity (Wildman–Crippen MR) is 126 cm³/mol. The Morgan fingerprint density at radius 3 is 2.06 bits per heavy atom. The topological polar surface area (TPSA) is 61.4 Å². The maximum atomic E-state index is 13.7. The summed E-state index contributed by atoms with van der Waals surface area (Å²) in [4.78, 5) is 28.6. The minimum atomic E-state index is -0.790. The third kappa shape index (κ3) is 3.59. The maximum Gasteiger partial charge on any atom is 0.250 e. The van der Waals surface area contributed by atoms with Gasteiger partial charge in [-0.2, -0.15) is 0 Å². The summed E-state index contributed by atoms with van der Waals surface area (Å²) in [5.41, 5.74) is 2.89. The molecule has 2 N–H and O–H groups in total. The number of carbonyl (C=O) groups excluding carboxylic acids is 2. The third-order valence-electron chi connectivity index (χ3n) is 6.65. The van der Waals surface area contributed by atoms with Crippen molar-refractivity contribution in [1.82, 2.24) is 5.32 Å². The van der Waals surface area contributed by atoms with Crippen LogP contribution < -0.4 is 15.5 Å². The van der Waals surface area contributed by atoms with Gasteiger partial charge in [-0.3, -0.25) is 19.8 Å². The summed E-state index contributed by atoms with van der Waals surface area (Å²) >= 11 is 0. The van der Waals surface area contributed by atoms with E-state index in [2.05, 4.69) is 34.9 Å². The van der Waals surface area contributed by atoms with Gasteiger partial charge >= 0.3 is 0 Å². The number of hydrogen-bond donors (Lipinski definition) is 2. The highest BCUT2D eigenvalue weighted by Crippen LogP contribution is 2.45. The van der Waals surface area contributed by atoms with Crippen LogP contribution in [0.1, 0.15) is 42.9 Å². The second kappa shape index (κ2) is 8.60. The summed E-state index contributed by atoms with van der Waals surface area (Å²) in [6, 6.07) is 27.8. The van der Waals surface area contributed by atoms with E-state index in [1.165, 1.54) is 0 Å². The van der Waals surface area contributed by atoms with Crippen LogP contribution >= 0.6 is 0 Å². The molecule has 162 valence electrons. The number of fused-ring (bicyclic) bond motifs is 1. The van der Waals surface area contributed by atoms with E-state index >= 15 is 0 Å². The largest absolute Gasteiger partial charge is 0.322 e. The molecule has 0 atom stereocenters. The lowest BCUT2D eigenvalue weighted by Gasteiger charge is -2.44. The molecule has 2 aliphatic rings. The molecule has 0 unspecified atom stereocenters. The molecule has 1 fully saturated rings. The monoisotopic (exact) mass is 425 g/mol. The second-order valence-electron chi connectivity index (χ2n) is 8.57. The molecular formula is C27H27N3O2. The molecule has 0 saturated heterocycles.